The van der Waals surface area contributed by atoms with Crippen LogP contribution in [0.3, 0.4) is 0 Å². The molecule has 110 valence electrons. The maximum Gasteiger partial charge on any atom is 0.243 e. The van der Waals surface area contributed by atoms with Crippen molar-refractivity contribution in [1.29, 1.82) is 0 Å². The number of nitrogens with two attached hydrogens (primary N) is 1. The third kappa shape index (κ3) is 2.85. The largest absolute Gasteiger partial charge is 0.468 e. The summed E-state index contributed by atoms with van der Waals surface area (Å²) in [6, 6.07) is 3.85. The average molecular weight is 282 g/mol. The first-order valence-corrected chi connectivity index (χ1v) is 6.63. The zero-order valence-electron chi connectivity index (χ0n) is 11.0. The zero-order valence-corrected chi connectivity index (χ0v) is 11.0. The number of primary amides is 1. The lowest BCUT2D eigenvalue weighted by molar-refractivity contribution is -0.126. The second-order valence-corrected chi connectivity index (χ2v) is 4.98. The van der Waals surface area contributed by atoms with Crippen molar-refractivity contribution in [2.24, 2.45) is 5.73 Å². The summed E-state index contributed by atoms with van der Waals surface area (Å²) < 4.78 is 22.1. The Morgan fingerprint density at radius 3 is 3.00 bits per heavy atom. The molecule has 4 atom stereocenters. The van der Waals surface area contributed by atoms with Gasteiger partial charge in [-0.15, -0.1) is 0 Å². The van der Waals surface area contributed by atoms with Crippen LogP contribution in [0.2, 0.25) is 0 Å². The SMILES string of the molecule is NC(=O)CO[C@@H]1CO[C@H]2[C@@H]1OC[C@@H]2NCc1ccco1. The summed E-state index contributed by atoms with van der Waals surface area (Å²) in [5.41, 5.74) is 5.07. The minimum Gasteiger partial charge on any atom is -0.468 e. The summed E-state index contributed by atoms with van der Waals surface area (Å²) in [7, 11) is 0. The Bertz CT molecular complexity index is 450. The minimum atomic E-state index is -0.487. The van der Waals surface area contributed by atoms with Gasteiger partial charge in [-0.2, -0.15) is 0 Å². The second-order valence-electron chi connectivity index (χ2n) is 4.98. The number of rotatable bonds is 6. The molecule has 3 rings (SSSR count). The molecule has 2 aliphatic rings. The van der Waals surface area contributed by atoms with Crippen LogP contribution < -0.4 is 11.1 Å². The van der Waals surface area contributed by atoms with Gasteiger partial charge in [0.1, 0.15) is 30.7 Å². The number of carbonyl (C=O) groups excluding carboxylic acids is 1. The van der Waals surface area contributed by atoms with Crippen LogP contribution in [0.5, 0.6) is 0 Å². The molecular formula is C13H18N2O5. The molecule has 0 spiro atoms. The van der Waals surface area contributed by atoms with E-state index >= 15 is 0 Å². The lowest BCUT2D eigenvalue weighted by Crippen LogP contribution is -2.41. The molecule has 1 amide bonds. The topological polar surface area (TPSA) is 96.0 Å². The number of carbonyl (C=O) groups is 1. The van der Waals surface area contributed by atoms with Gasteiger partial charge in [-0.3, -0.25) is 4.79 Å². The van der Waals surface area contributed by atoms with Crippen molar-refractivity contribution in [2.45, 2.75) is 30.9 Å². The van der Waals surface area contributed by atoms with Crippen LogP contribution in [-0.4, -0.2) is 50.1 Å². The summed E-state index contributed by atoms with van der Waals surface area (Å²) in [4.78, 5) is 10.7. The highest BCUT2D eigenvalue weighted by molar-refractivity contribution is 5.75. The number of nitrogens with one attached hydrogen (secondary N) is 1. The van der Waals surface area contributed by atoms with Crippen molar-refractivity contribution in [3.05, 3.63) is 24.2 Å². The van der Waals surface area contributed by atoms with E-state index in [0.717, 1.165) is 5.76 Å². The number of fused-ring (bicyclic) bond motifs is 1. The van der Waals surface area contributed by atoms with Gasteiger partial charge in [0.15, 0.2) is 0 Å². The summed E-state index contributed by atoms with van der Waals surface area (Å²) in [6.07, 6.45) is 1.19. The van der Waals surface area contributed by atoms with Gasteiger partial charge in [0, 0.05) is 0 Å². The highest BCUT2D eigenvalue weighted by Gasteiger charge is 2.48. The van der Waals surface area contributed by atoms with Crippen LogP contribution in [0.1, 0.15) is 5.76 Å². The molecule has 1 aromatic heterocycles. The summed E-state index contributed by atoms with van der Waals surface area (Å²) in [5, 5.41) is 3.35. The van der Waals surface area contributed by atoms with E-state index in [1.165, 1.54) is 0 Å². The Hall–Kier alpha value is -1.41. The van der Waals surface area contributed by atoms with Gasteiger partial charge in [0.05, 0.1) is 32.1 Å². The molecule has 2 saturated heterocycles. The Balaban J connectivity index is 1.50. The second kappa shape index (κ2) is 5.92. The van der Waals surface area contributed by atoms with Crippen LogP contribution in [0.15, 0.2) is 22.8 Å². The Morgan fingerprint density at radius 1 is 1.40 bits per heavy atom. The zero-order chi connectivity index (χ0) is 13.9. The van der Waals surface area contributed by atoms with Gasteiger partial charge < -0.3 is 29.7 Å². The monoisotopic (exact) mass is 282 g/mol. The van der Waals surface area contributed by atoms with Crippen molar-refractivity contribution in [1.82, 2.24) is 5.32 Å². The van der Waals surface area contributed by atoms with E-state index in [0.29, 0.717) is 19.8 Å². The molecule has 0 radical (unpaired) electrons. The fourth-order valence-electron chi connectivity index (χ4n) is 2.62. The molecule has 0 aromatic carbocycles. The smallest absolute Gasteiger partial charge is 0.243 e. The molecule has 20 heavy (non-hydrogen) atoms. The average Bonchev–Trinajstić information content (AvgIpc) is 3.12. The quantitative estimate of drug-likeness (QED) is 0.724. The Labute approximate surface area is 116 Å². The first kappa shape index (κ1) is 13.6. The molecular weight excluding hydrogens is 264 g/mol. The summed E-state index contributed by atoms with van der Waals surface area (Å²) >= 11 is 0. The summed E-state index contributed by atoms with van der Waals surface area (Å²) in [6.45, 7) is 1.49. The molecule has 3 heterocycles. The lowest BCUT2D eigenvalue weighted by atomic mass is 10.1. The first-order chi connectivity index (χ1) is 9.74. The van der Waals surface area contributed by atoms with Gasteiger partial charge in [0.25, 0.3) is 0 Å². The van der Waals surface area contributed by atoms with Gasteiger partial charge in [-0.05, 0) is 12.1 Å². The van der Waals surface area contributed by atoms with Gasteiger partial charge >= 0.3 is 0 Å². The van der Waals surface area contributed by atoms with Crippen molar-refractivity contribution < 1.29 is 23.4 Å². The molecule has 7 heteroatoms. The normalized spacial score (nSPS) is 32.4. The highest BCUT2D eigenvalue weighted by Crippen LogP contribution is 2.29. The van der Waals surface area contributed by atoms with Crippen LogP contribution in [0, 0.1) is 0 Å². The van der Waals surface area contributed by atoms with Crippen LogP contribution in [0.4, 0.5) is 0 Å². The predicted octanol–water partition coefficient (Wildman–Crippen LogP) is -0.594. The van der Waals surface area contributed by atoms with E-state index in [1.807, 2.05) is 12.1 Å². The number of furan rings is 1. The Morgan fingerprint density at radius 2 is 2.25 bits per heavy atom. The van der Waals surface area contributed by atoms with E-state index < -0.39 is 5.91 Å². The third-order valence-corrected chi connectivity index (χ3v) is 3.57. The van der Waals surface area contributed by atoms with Crippen LogP contribution in [-0.2, 0) is 25.5 Å². The number of amides is 1. The maximum atomic E-state index is 10.7. The van der Waals surface area contributed by atoms with Crippen molar-refractivity contribution in [2.75, 3.05) is 19.8 Å². The van der Waals surface area contributed by atoms with Crippen molar-refractivity contribution in [3.8, 4) is 0 Å². The molecule has 2 fully saturated rings. The van der Waals surface area contributed by atoms with Gasteiger partial charge in [0.2, 0.25) is 5.91 Å². The first-order valence-electron chi connectivity index (χ1n) is 6.63. The molecule has 1 aromatic rings. The molecule has 0 bridgehead atoms. The fourth-order valence-corrected chi connectivity index (χ4v) is 2.62. The third-order valence-electron chi connectivity index (χ3n) is 3.57. The molecule has 0 saturated carbocycles. The minimum absolute atomic E-state index is 0.0668. The van der Waals surface area contributed by atoms with Gasteiger partial charge in [-0.1, -0.05) is 0 Å². The number of hydrogen-bond donors (Lipinski definition) is 2. The number of ether oxygens (including phenoxy) is 3. The van der Waals surface area contributed by atoms with Crippen LogP contribution >= 0.6 is 0 Å². The lowest BCUT2D eigenvalue weighted by Gasteiger charge is -2.17. The fraction of sp³-hybridized carbons (Fsp3) is 0.615. The van der Waals surface area contributed by atoms with Crippen LogP contribution in [0.25, 0.3) is 0 Å². The van der Waals surface area contributed by atoms with Crippen molar-refractivity contribution >= 4 is 5.91 Å². The standard InChI is InChI=1S/C13H18N2O5/c14-11(16)7-18-10-6-20-12-9(5-19-13(10)12)15-4-8-2-1-3-17-8/h1-3,9-10,12-13,15H,4-7H2,(H2,14,16)/t9-,10+,12+,13+/m0/s1. The number of hydrogen-bond acceptors (Lipinski definition) is 6. The molecule has 3 N–H and O–H groups in total. The molecule has 7 nitrogen and oxygen atoms in total. The van der Waals surface area contributed by atoms with E-state index in [2.05, 4.69) is 5.32 Å². The molecule has 2 aliphatic heterocycles. The molecule has 0 aliphatic carbocycles. The van der Waals surface area contributed by atoms with Gasteiger partial charge in [-0.25, -0.2) is 0 Å². The van der Waals surface area contributed by atoms with E-state index in [4.69, 9.17) is 24.4 Å². The highest BCUT2D eigenvalue weighted by atomic mass is 16.6. The predicted molar refractivity (Wildman–Crippen MR) is 67.8 cm³/mol. The maximum absolute atomic E-state index is 10.7. The molecule has 0 unspecified atom stereocenters. The van der Waals surface area contributed by atoms with E-state index in [9.17, 15) is 4.79 Å². The van der Waals surface area contributed by atoms with E-state index in [-0.39, 0.29) is 31.0 Å². The van der Waals surface area contributed by atoms with E-state index in [1.54, 1.807) is 6.26 Å². The Kier molecular flexibility index (Phi) is 4.02. The van der Waals surface area contributed by atoms with Crippen molar-refractivity contribution in [3.63, 3.8) is 0 Å². The summed E-state index contributed by atoms with van der Waals surface area (Å²) in [5.74, 6) is 0.381.